The van der Waals surface area contributed by atoms with Crippen molar-refractivity contribution in [3.05, 3.63) is 442 Å². The predicted octanol–water partition coefficient (Wildman–Crippen LogP) is 22.6. The molecule has 0 radical (unpaired) electrons. The van der Waals surface area contributed by atoms with Crippen molar-refractivity contribution in [3.63, 3.8) is 0 Å². The number of aryl methyl sites for hydroxylation is 2. The molecule has 17 aromatic carbocycles. The molecule has 0 atom stereocenters. The number of benzene rings is 17. The van der Waals surface area contributed by atoms with E-state index < -0.39 is 24.2 Å². The zero-order valence-corrected chi connectivity index (χ0v) is 75.8. The molecule has 0 aliphatic rings. The van der Waals surface area contributed by atoms with Crippen LogP contribution in [0.1, 0.15) is 38.8 Å². The number of imidazole rings is 3. The molecule has 0 fully saturated rings. The molecule has 0 saturated carbocycles. The fraction of sp³-hybridized carbons (Fsp3) is 0.0625. The molecule has 0 amide bonds. The summed E-state index contributed by atoms with van der Waals surface area (Å²) in [5.41, 5.74) is 20.2. The minimum Gasteiger partial charge on any atom is -0.283 e. The number of fused-ring (bicyclic) bond motifs is 15. The van der Waals surface area contributed by atoms with E-state index in [-0.39, 0.29) is 0 Å². The summed E-state index contributed by atoms with van der Waals surface area (Å²) in [6, 6.07) is 158. The number of thiazole rings is 3. The molecule has 0 saturated heterocycles. The summed E-state index contributed by atoms with van der Waals surface area (Å²) in [7, 11) is -7.38. The molecule has 0 aliphatic heterocycles. The summed E-state index contributed by atoms with van der Waals surface area (Å²) in [4.78, 5) is 18.1. The van der Waals surface area contributed by atoms with Gasteiger partial charge in [-0.3, -0.25) is 13.2 Å². The van der Waals surface area contributed by atoms with E-state index >= 15 is 0 Å². The van der Waals surface area contributed by atoms with Gasteiger partial charge in [0.1, 0.15) is 8.07 Å². The molecule has 0 N–H and O–H groups in total. The maximum Gasteiger partial charge on any atom is 0.195 e. The quantitative estimate of drug-likeness (QED) is 0.0805. The van der Waals surface area contributed by atoms with E-state index in [0.29, 0.717) is 0 Å². The van der Waals surface area contributed by atoms with Gasteiger partial charge in [0.15, 0.2) is 31.0 Å². The van der Waals surface area contributed by atoms with Gasteiger partial charge in [0.2, 0.25) is 0 Å². The normalized spacial score (nSPS) is 11.7. The third-order valence-electron chi connectivity index (χ3n) is 24.4. The average Bonchev–Trinajstić information content (AvgIpc) is 1.42. The van der Waals surface area contributed by atoms with Crippen LogP contribution in [0, 0.1) is 13.8 Å². The molecule has 6 aromatic heterocycles. The van der Waals surface area contributed by atoms with E-state index in [2.05, 4.69) is 464 Å². The highest BCUT2D eigenvalue weighted by Gasteiger charge is 2.43. The van der Waals surface area contributed by atoms with Crippen molar-refractivity contribution in [3.8, 4) is 33.4 Å². The van der Waals surface area contributed by atoms with E-state index in [9.17, 15) is 0 Å². The second kappa shape index (κ2) is 34.8. The Morgan fingerprint density at radius 3 is 0.815 bits per heavy atom. The summed E-state index contributed by atoms with van der Waals surface area (Å²) in [6.07, 6.45) is 0. The molecule has 23 aromatic rings. The Morgan fingerprint density at radius 2 is 0.468 bits per heavy atom. The van der Waals surface area contributed by atoms with Gasteiger partial charge in [0.25, 0.3) is 0 Å². The van der Waals surface area contributed by atoms with Gasteiger partial charge in [-0.15, -0.1) is 0 Å². The number of rotatable bonds is 14. The molecule has 600 valence electrons. The highest BCUT2D eigenvalue weighted by Crippen LogP contribution is 2.38. The molecule has 0 spiro atoms. The molecular formula is C112H92N6S3Si3. The van der Waals surface area contributed by atoms with Crippen molar-refractivity contribution in [1.29, 1.82) is 0 Å². The monoisotopic (exact) mass is 1700 g/mol. The van der Waals surface area contributed by atoms with Gasteiger partial charge in [-0.1, -0.05) is 426 Å². The van der Waals surface area contributed by atoms with Crippen molar-refractivity contribution < 1.29 is 0 Å². The molecule has 0 bridgehead atoms. The highest BCUT2D eigenvalue weighted by atomic mass is 32.1. The summed E-state index contributed by atoms with van der Waals surface area (Å²) in [5, 5.41) is 15.3. The lowest BCUT2D eigenvalue weighted by molar-refractivity contribution is 1.34. The Bertz CT molecular complexity index is 7470. The number of nitrogens with zero attached hydrogens (tertiary/aromatic N) is 6. The Balaban J connectivity index is 0.000000120. The van der Waals surface area contributed by atoms with E-state index in [0.717, 1.165) is 42.5 Å². The van der Waals surface area contributed by atoms with Crippen LogP contribution < -0.4 is 57.1 Å². The van der Waals surface area contributed by atoms with E-state index in [1.165, 1.54) is 138 Å². The first-order valence-corrected chi connectivity index (χ1v) is 51.8. The van der Waals surface area contributed by atoms with Gasteiger partial charge in [-0.05, 0) is 188 Å². The Labute approximate surface area is 739 Å². The Hall–Kier alpha value is -13.5. The van der Waals surface area contributed by atoms with Crippen LogP contribution in [-0.2, 0) is 0 Å². The lowest BCUT2D eigenvalue weighted by Crippen LogP contribution is -2.74. The van der Waals surface area contributed by atoms with Gasteiger partial charge >= 0.3 is 0 Å². The van der Waals surface area contributed by atoms with Crippen molar-refractivity contribution in [1.82, 2.24) is 28.2 Å². The van der Waals surface area contributed by atoms with Crippen LogP contribution in [0.2, 0.25) is 6.55 Å². The maximum absolute atomic E-state index is 5.01. The molecule has 0 unspecified atom stereocenters. The van der Waals surface area contributed by atoms with Gasteiger partial charge < -0.3 is 0 Å². The highest BCUT2D eigenvalue weighted by molar-refractivity contribution is 7.24. The third-order valence-corrected chi connectivity index (χ3v) is 41.5. The number of hydrogen-bond acceptors (Lipinski definition) is 6. The maximum atomic E-state index is 5.01. The van der Waals surface area contributed by atoms with Crippen LogP contribution in [0.25, 0.3) is 112 Å². The molecule has 0 aliphatic carbocycles. The summed E-state index contributed by atoms with van der Waals surface area (Å²) in [6.45, 7) is 14.9. The standard InChI is InChI=1S/C38H28N2SSi.C37H26N2SSi.C33H26N2SSi.2C2H6/c1-27-24-34-36(40-35-22-11-12-23-37(35)41-38(40)39-34)26-33(27)28-14-13-21-32(25-28)42(29-15-5-2-6-16-29,30-17-7-3-8-18-30)31-19-9-4-10-20-31;1-4-14-29(15-5-1)41(30-16-6-2-7-17-30,31-18-8-3-9-19-31)32-20-12-13-27(25-32)28-23-24-33-35(26-28)39-34-21-10-11-22-36(34)40-37(39)38-33;1-23-20-29-31(35-30-18-9-10-19-32(30)36-33(35)34-29)22-28(23)24-12-11-17-27(21-24)37(2,25-13-5-3-6-14-25)26-15-7-4-8-16-26;2*1-2/h2-26H,1H3;1-26H;3-22H,1-2H3;2*1-2H3. The van der Waals surface area contributed by atoms with E-state index in [1.807, 2.05) is 27.7 Å². The zero-order valence-electron chi connectivity index (χ0n) is 70.4. The first-order chi connectivity index (χ1) is 61.2. The van der Waals surface area contributed by atoms with Crippen molar-refractivity contribution in [2.24, 2.45) is 0 Å². The number of hydrogen-bond donors (Lipinski definition) is 0. The second-order valence-electron chi connectivity index (χ2n) is 31.2. The van der Waals surface area contributed by atoms with Crippen molar-refractivity contribution in [2.45, 2.75) is 48.1 Å². The van der Waals surface area contributed by atoms with Crippen LogP contribution in [-0.4, -0.2) is 52.4 Å². The van der Waals surface area contributed by atoms with Gasteiger partial charge in [0.05, 0.1) is 63.8 Å². The molecule has 6 nitrogen and oxygen atoms in total. The first kappa shape index (κ1) is 80.2. The minimum absolute atomic E-state index is 1.03. The zero-order chi connectivity index (χ0) is 84.3. The van der Waals surface area contributed by atoms with Gasteiger partial charge in [-0.25, -0.2) is 15.0 Å². The Morgan fingerprint density at radius 1 is 0.210 bits per heavy atom. The SMILES string of the molecule is CC.CC.Cc1cc2nc3sc4ccccc4n3c2cc1-c1cccc([Si](C)(c2ccccc2)c2ccccc2)c1.Cc1cc2nc3sc4ccccc4n3c2cc1-c1cccc([Si](c2ccccc2)(c2ccccc2)c2ccccc2)c1.c1ccc([Si](c2ccccc2)(c2ccccc2)c2cccc(-c3ccc4nc5sc6ccccc6n5c4c3)c2)cc1. The fourth-order valence-electron chi connectivity index (χ4n) is 18.7. The molecule has 6 heterocycles. The van der Waals surface area contributed by atoms with Crippen LogP contribution in [0.15, 0.2) is 431 Å². The molecule has 23 rings (SSSR count). The summed E-state index contributed by atoms with van der Waals surface area (Å²) in [5.74, 6) is 0. The summed E-state index contributed by atoms with van der Waals surface area (Å²) < 4.78 is 10.7. The van der Waals surface area contributed by atoms with Crippen LogP contribution >= 0.6 is 34.0 Å². The first-order valence-electron chi connectivity index (χ1n) is 42.9. The smallest absolute Gasteiger partial charge is 0.195 e. The van der Waals surface area contributed by atoms with Gasteiger partial charge in [0, 0.05) is 0 Å². The largest absolute Gasteiger partial charge is 0.283 e. The van der Waals surface area contributed by atoms with E-state index in [1.54, 1.807) is 34.0 Å². The van der Waals surface area contributed by atoms with Crippen LogP contribution in [0.3, 0.4) is 0 Å². The topological polar surface area (TPSA) is 51.9 Å². The van der Waals surface area contributed by atoms with Crippen LogP contribution in [0.5, 0.6) is 0 Å². The molecule has 12 heteroatoms. The fourth-order valence-corrected chi connectivity index (χ4v) is 35.0. The van der Waals surface area contributed by atoms with Gasteiger partial charge in [-0.2, -0.15) is 0 Å². The van der Waals surface area contributed by atoms with Crippen LogP contribution in [0.4, 0.5) is 0 Å². The minimum atomic E-state index is -2.61. The predicted molar refractivity (Wildman–Crippen MR) is 543 cm³/mol. The number of para-hydroxylation sites is 3. The summed E-state index contributed by atoms with van der Waals surface area (Å²) >= 11 is 5.25. The Kier molecular flexibility index (Phi) is 22.5. The lowest BCUT2D eigenvalue weighted by atomic mass is 10.00. The molecule has 124 heavy (non-hydrogen) atoms. The van der Waals surface area contributed by atoms with Crippen molar-refractivity contribution in [2.75, 3.05) is 0 Å². The van der Waals surface area contributed by atoms with E-state index in [4.69, 9.17) is 15.0 Å². The van der Waals surface area contributed by atoms with Crippen molar-refractivity contribution >= 4 is 194 Å². The number of aromatic nitrogens is 6. The molecular weight excluding hydrogens is 1610 g/mol. The lowest BCUT2D eigenvalue weighted by Gasteiger charge is -2.34. The second-order valence-corrected chi connectivity index (χ2v) is 45.8. The average molecular weight is 1700 g/mol. The third kappa shape index (κ3) is 14.3.